The van der Waals surface area contributed by atoms with Crippen molar-refractivity contribution in [2.24, 2.45) is 5.41 Å². The van der Waals surface area contributed by atoms with Crippen molar-refractivity contribution in [3.8, 4) is 11.4 Å². The Morgan fingerprint density at radius 2 is 2.06 bits per heavy atom. The van der Waals surface area contributed by atoms with Crippen molar-refractivity contribution in [1.82, 2.24) is 15.1 Å². The highest BCUT2D eigenvalue weighted by Crippen LogP contribution is 2.39. The molecule has 1 aromatic carbocycles. The maximum atomic E-state index is 13.1. The van der Waals surface area contributed by atoms with Gasteiger partial charge in [-0.25, -0.2) is 9.48 Å². The smallest absolute Gasteiger partial charge is 0.339 e. The molecule has 0 unspecified atom stereocenters. The molecule has 0 radical (unpaired) electrons. The number of halogens is 1. The largest absolute Gasteiger partial charge is 0.497 e. The molecule has 178 valence electrons. The Bertz CT molecular complexity index is 1060. The molecule has 4 rings (SSSR count). The van der Waals surface area contributed by atoms with E-state index in [2.05, 4.69) is 5.32 Å². The summed E-state index contributed by atoms with van der Waals surface area (Å²) in [6.45, 7) is 6.10. The van der Waals surface area contributed by atoms with Gasteiger partial charge < -0.3 is 19.5 Å². The van der Waals surface area contributed by atoms with E-state index in [-0.39, 0.29) is 21.9 Å². The van der Waals surface area contributed by atoms with E-state index >= 15 is 0 Å². The molecule has 0 aliphatic carbocycles. The molecule has 1 amide bonds. The molecule has 0 bridgehead atoms. The zero-order valence-corrected chi connectivity index (χ0v) is 20.1. The molecule has 3 heterocycles. The van der Waals surface area contributed by atoms with E-state index in [1.165, 1.54) is 7.11 Å². The van der Waals surface area contributed by atoms with Gasteiger partial charge in [0.05, 0.1) is 46.9 Å². The van der Waals surface area contributed by atoms with Gasteiger partial charge in [0.15, 0.2) is 0 Å². The lowest BCUT2D eigenvalue weighted by Crippen LogP contribution is -2.40. The molecule has 2 aromatic rings. The summed E-state index contributed by atoms with van der Waals surface area (Å²) < 4.78 is 18.1. The van der Waals surface area contributed by atoms with Crippen LogP contribution in [0.3, 0.4) is 0 Å². The average Bonchev–Trinajstić information content (AvgIpc) is 3.12. The third kappa shape index (κ3) is 4.46. The molecule has 1 N–H and O–H groups in total. The van der Waals surface area contributed by atoms with Gasteiger partial charge in [-0.15, -0.1) is 0 Å². The summed E-state index contributed by atoms with van der Waals surface area (Å²) in [6.07, 6.45) is 3.64. The monoisotopic (exact) mass is 475 g/mol. The number of nitrogens with zero attached hydrogens (tertiary/aromatic N) is 2. The number of rotatable bonds is 6. The van der Waals surface area contributed by atoms with Crippen molar-refractivity contribution in [1.29, 1.82) is 0 Å². The van der Waals surface area contributed by atoms with Crippen molar-refractivity contribution in [3.05, 3.63) is 39.7 Å². The van der Waals surface area contributed by atoms with Crippen LogP contribution in [0.2, 0.25) is 5.02 Å². The Morgan fingerprint density at radius 3 is 2.73 bits per heavy atom. The predicted octanol–water partition coefficient (Wildman–Crippen LogP) is 3.75. The van der Waals surface area contributed by atoms with Gasteiger partial charge in [0.1, 0.15) is 5.75 Å². The molecule has 2 aliphatic heterocycles. The van der Waals surface area contributed by atoms with Crippen LogP contribution in [0.5, 0.6) is 5.75 Å². The molecule has 2 aliphatic rings. The topological polar surface area (TPSA) is 91.7 Å². The van der Waals surface area contributed by atoms with Crippen LogP contribution in [-0.4, -0.2) is 55.1 Å². The Hall–Kier alpha value is -2.58. The number of carbonyl (C=O) groups excluding carboxylic acids is 2. The van der Waals surface area contributed by atoms with E-state index in [1.807, 2.05) is 13.8 Å². The Balaban J connectivity index is 1.88. The molecule has 33 heavy (non-hydrogen) atoms. The lowest BCUT2D eigenvalue weighted by molar-refractivity contribution is 0.0155. The molecule has 1 aromatic heterocycles. The number of amides is 1. The number of esters is 1. The molecule has 0 atom stereocenters. The molecule has 1 saturated heterocycles. The number of carbonyl (C=O) groups is 2. The van der Waals surface area contributed by atoms with E-state index in [9.17, 15) is 9.59 Å². The molecular weight excluding hydrogens is 446 g/mol. The average molecular weight is 476 g/mol. The summed E-state index contributed by atoms with van der Waals surface area (Å²) in [7, 11) is 1.53. The first kappa shape index (κ1) is 23.6. The minimum Gasteiger partial charge on any atom is -0.497 e. The quantitative estimate of drug-likeness (QED) is 0.640. The number of ether oxygens (including phenoxy) is 3. The standard InChI is InChI=1S/C24H30ClN3O5/c1-4-8-33-23(30)16-11-15(31-3)12-18(21(16)25)28-19-13-24(6-9-32-10-7-24)14-26-22(29)20(19)17(5-2)27-28/h11-12H,4-10,13-14H2,1-3H3,(H,26,29). The fraction of sp³-hybridized carbons (Fsp3) is 0.542. The number of fused-ring (bicyclic) bond motifs is 1. The fourth-order valence-electron chi connectivity index (χ4n) is 4.58. The summed E-state index contributed by atoms with van der Waals surface area (Å²) in [6, 6.07) is 3.31. The van der Waals surface area contributed by atoms with E-state index < -0.39 is 5.97 Å². The van der Waals surface area contributed by atoms with Crippen LogP contribution >= 0.6 is 11.6 Å². The van der Waals surface area contributed by atoms with Crippen molar-refractivity contribution >= 4 is 23.5 Å². The van der Waals surface area contributed by atoms with Crippen molar-refractivity contribution in [3.63, 3.8) is 0 Å². The maximum Gasteiger partial charge on any atom is 0.339 e. The lowest BCUT2D eigenvalue weighted by Gasteiger charge is -2.36. The van der Waals surface area contributed by atoms with Crippen LogP contribution in [-0.2, 0) is 22.3 Å². The van der Waals surface area contributed by atoms with Gasteiger partial charge >= 0.3 is 5.97 Å². The Labute approximate surface area is 198 Å². The highest BCUT2D eigenvalue weighted by molar-refractivity contribution is 6.35. The number of methoxy groups -OCH3 is 1. The number of aryl methyl sites for hydroxylation is 1. The van der Waals surface area contributed by atoms with Gasteiger partial charge in [0.2, 0.25) is 0 Å². The number of aromatic nitrogens is 2. The van der Waals surface area contributed by atoms with Gasteiger partial charge in [0, 0.05) is 25.8 Å². The third-order valence-electron chi connectivity index (χ3n) is 6.48. The summed E-state index contributed by atoms with van der Waals surface area (Å²) in [5.41, 5.74) is 2.67. The SMILES string of the molecule is CCCOC(=O)c1cc(OC)cc(-n2nc(CC)c3c2CC2(CCOCC2)CNC3=O)c1Cl. The highest BCUT2D eigenvalue weighted by Gasteiger charge is 2.40. The Kier molecular flexibility index (Phi) is 6.95. The first-order valence-electron chi connectivity index (χ1n) is 11.4. The summed E-state index contributed by atoms with van der Waals surface area (Å²) in [4.78, 5) is 25.8. The first-order valence-corrected chi connectivity index (χ1v) is 11.8. The molecular formula is C24H30ClN3O5. The number of hydrogen-bond acceptors (Lipinski definition) is 6. The molecule has 8 nitrogen and oxygen atoms in total. The van der Waals surface area contributed by atoms with E-state index in [1.54, 1.807) is 16.8 Å². The zero-order chi connectivity index (χ0) is 23.6. The van der Waals surface area contributed by atoms with Gasteiger partial charge in [-0.2, -0.15) is 5.10 Å². The van der Waals surface area contributed by atoms with Gasteiger partial charge in [0.25, 0.3) is 5.91 Å². The summed E-state index contributed by atoms with van der Waals surface area (Å²) in [5.74, 6) is -0.188. The van der Waals surface area contributed by atoms with Crippen molar-refractivity contribution in [2.45, 2.75) is 46.0 Å². The molecule has 1 fully saturated rings. The van der Waals surface area contributed by atoms with Gasteiger partial charge in [-0.05, 0) is 43.6 Å². The first-order chi connectivity index (χ1) is 15.9. The zero-order valence-electron chi connectivity index (χ0n) is 19.3. The maximum absolute atomic E-state index is 13.1. The Morgan fingerprint density at radius 1 is 1.30 bits per heavy atom. The van der Waals surface area contributed by atoms with Crippen LogP contribution < -0.4 is 10.1 Å². The minimum atomic E-state index is -0.519. The van der Waals surface area contributed by atoms with E-state index in [0.717, 1.165) is 18.5 Å². The van der Waals surface area contributed by atoms with Crippen LogP contribution in [0, 0.1) is 5.41 Å². The van der Waals surface area contributed by atoms with Gasteiger partial charge in [-0.1, -0.05) is 25.4 Å². The molecule has 1 spiro atoms. The van der Waals surface area contributed by atoms with Crippen LogP contribution in [0.4, 0.5) is 0 Å². The van der Waals surface area contributed by atoms with Crippen LogP contribution in [0.1, 0.15) is 65.2 Å². The predicted molar refractivity (Wildman–Crippen MR) is 124 cm³/mol. The second kappa shape index (κ2) is 9.73. The van der Waals surface area contributed by atoms with Crippen LogP contribution in [0.15, 0.2) is 12.1 Å². The number of nitrogens with one attached hydrogen (secondary N) is 1. The fourth-order valence-corrected chi connectivity index (χ4v) is 4.85. The second-order valence-corrected chi connectivity index (χ2v) is 9.03. The van der Waals surface area contributed by atoms with E-state index in [0.29, 0.717) is 68.3 Å². The summed E-state index contributed by atoms with van der Waals surface area (Å²) >= 11 is 6.76. The third-order valence-corrected chi connectivity index (χ3v) is 6.88. The van der Waals surface area contributed by atoms with Crippen molar-refractivity contribution < 1.29 is 23.8 Å². The highest BCUT2D eigenvalue weighted by atomic mass is 35.5. The molecule has 9 heteroatoms. The van der Waals surface area contributed by atoms with E-state index in [4.69, 9.17) is 30.9 Å². The second-order valence-electron chi connectivity index (χ2n) is 8.65. The normalized spacial score (nSPS) is 17.3. The van der Waals surface area contributed by atoms with Gasteiger partial charge in [-0.3, -0.25) is 4.79 Å². The number of hydrogen-bond donors (Lipinski definition) is 1. The minimum absolute atomic E-state index is 0.115. The van der Waals surface area contributed by atoms with Crippen molar-refractivity contribution in [2.75, 3.05) is 33.5 Å². The lowest BCUT2D eigenvalue weighted by atomic mass is 9.76. The summed E-state index contributed by atoms with van der Waals surface area (Å²) in [5, 5.41) is 8.11. The van der Waals surface area contributed by atoms with Crippen LogP contribution in [0.25, 0.3) is 5.69 Å². The number of benzene rings is 1. The molecule has 0 saturated carbocycles.